The van der Waals surface area contributed by atoms with Crippen LogP contribution in [0.4, 0.5) is 14.5 Å². The monoisotopic (exact) mass is 403 g/mol. The smallest absolute Gasteiger partial charge is 0.312 e. The van der Waals surface area contributed by atoms with Crippen molar-refractivity contribution in [2.45, 2.75) is 19.4 Å². The van der Waals surface area contributed by atoms with Gasteiger partial charge in [0.1, 0.15) is 16.6 Å². The molecule has 3 aromatic rings. The van der Waals surface area contributed by atoms with Crippen molar-refractivity contribution in [2.75, 3.05) is 5.32 Å². The Hall–Kier alpha value is -3.20. The van der Waals surface area contributed by atoms with Gasteiger partial charge in [0.2, 0.25) is 0 Å². The molecule has 0 bridgehead atoms. The maximum atomic E-state index is 13.6. The molecule has 0 fully saturated rings. The second-order valence-corrected chi connectivity index (χ2v) is 6.67. The molecule has 144 valence electrons. The van der Waals surface area contributed by atoms with E-state index in [1.807, 2.05) is 6.07 Å². The van der Waals surface area contributed by atoms with Crippen LogP contribution in [0, 0.1) is 11.6 Å². The summed E-state index contributed by atoms with van der Waals surface area (Å²) in [6, 6.07) is 6.39. The van der Waals surface area contributed by atoms with Crippen molar-refractivity contribution in [1.29, 1.82) is 0 Å². The van der Waals surface area contributed by atoms with E-state index in [0.717, 1.165) is 17.7 Å². The third-order valence-corrected chi connectivity index (χ3v) is 4.59. The molecular formula is C19H15F2N3O3S. The topological polar surface area (TPSA) is 81.2 Å². The van der Waals surface area contributed by atoms with Crippen LogP contribution in [0.5, 0.6) is 0 Å². The van der Waals surface area contributed by atoms with Gasteiger partial charge < -0.3 is 10.1 Å². The van der Waals surface area contributed by atoms with Crippen molar-refractivity contribution < 1.29 is 23.1 Å². The molecule has 1 N–H and O–H groups in total. The minimum Gasteiger partial charge on any atom is -0.452 e. The number of hydrogen-bond donors (Lipinski definition) is 1. The zero-order chi connectivity index (χ0) is 20.1. The van der Waals surface area contributed by atoms with Crippen LogP contribution in [0.2, 0.25) is 0 Å². The Labute approximate surface area is 163 Å². The predicted molar refractivity (Wildman–Crippen MR) is 99.6 cm³/mol. The predicted octanol–water partition coefficient (Wildman–Crippen LogP) is 3.60. The number of ether oxygens (including phenoxy) is 1. The highest BCUT2D eigenvalue weighted by Crippen LogP contribution is 2.23. The van der Waals surface area contributed by atoms with E-state index in [1.54, 1.807) is 23.8 Å². The summed E-state index contributed by atoms with van der Waals surface area (Å²) < 4.78 is 31.6. The average molecular weight is 403 g/mol. The van der Waals surface area contributed by atoms with E-state index < -0.39 is 29.6 Å². The molecule has 0 aliphatic rings. The number of esters is 1. The standard InChI is InChI=1S/C19H15F2N3O3S/c1-11(18(26)24-16-5-4-13(20)7-15(16)21)27-17(25)8-14-10-28-19(23-14)12-3-2-6-22-9-12/h2-7,9-11H,8H2,1H3,(H,24,26)/t11-/m1/s1. The largest absolute Gasteiger partial charge is 0.452 e. The van der Waals surface area contributed by atoms with Gasteiger partial charge in [-0.25, -0.2) is 13.8 Å². The first-order chi connectivity index (χ1) is 13.4. The van der Waals surface area contributed by atoms with Gasteiger partial charge in [-0.3, -0.25) is 14.6 Å². The van der Waals surface area contributed by atoms with Crippen molar-refractivity contribution >= 4 is 28.9 Å². The second kappa shape index (κ2) is 8.66. The first kappa shape index (κ1) is 19.6. The number of amides is 1. The van der Waals surface area contributed by atoms with Crippen LogP contribution < -0.4 is 5.32 Å². The summed E-state index contributed by atoms with van der Waals surface area (Å²) in [5.74, 6) is -3.06. The minimum atomic E-state index is -1.16. The molecule has 0 radical (unpaired) electrons. The van der Waals surface area contributed by atoms with Gasteiger partial charge in [-0.15, -0.1) is 11.3 Å². The van der Waals surface area contributed by atoms with Crippen LogP contribution in [0.3, 0.4) is 0 Å². The fourth-order valence-corrected chi connectivity index (χ4v) is 3.09. The zero-order valence-corrected chi connectivity index (χ0v) is 15.5. The quantitative estimate of drug-likeness (QED) is 0.636. The molecule has 1 amide bonds. The summed E-state index contributed by atoms with van der Waals surface area (Å²) in [6.45, 7) is 1.36. The number of anilines is 1. The van der Waals surface area contributed by atoms with E-state index in [1.165, 1.54) is 18.3 Å². The lowest BCUT2D eigenvalue weighted by atomic mass is 10.2. The van der Waals surface area contributed by atoms with Gasteiger partial charge in [0, 0.05) is 29.4 Å². The summed E-state index contributed by atoms with van der Waals surface area (Å²) >= 11 is 1.36. The van der Waals surface area contributed by atoms with Crippen molar-refractivity contribution in [2.24, 2.45) is 0 Å². The third kappa shape index (κ3) is 4.95. The summed E-state index contributed by atoms with van der Waals surface area (Å²) in [7, 11) is 0. The van der Waals surface area contributed by atoms with Crippen LogP contribution in [-0.4, -0.2) is 27.9 Å². The number of nitrogens with one attached hydrogen (secondary N) is 1. The SMILES string of the molecule is C[C@@H](OC(=O)Cc1csc(-c2cccnc2)n1)C(=O)Nc1ccc(F)cc1F. The normalized spacial score (nSPS) is 11.7. The van der Waals surface area contributed by atoms with Crippen LogP contribution >= 0.6 is 11.3 Å². The number of pyridine rings is 1. The van der Waals surface area contributed by atoms with Gasteiger partial charge in [-0.05, 0) is 31.2 Å². The summed E-state index contributed by atoms with van der Waals surface area (Å²) in [6.07, 6.45) is 2.05. The van der Waals surface area contributed by atoms with Crippen molar-refractivity contribution in [1.82, 2.24) is 9.97 Å². The van der Waals surface area contributed by atoms with Crippen LogP contribution in [0.15, 0.2) is 48.1 Å². The molecule has 1 atom stereocenters. The van der Waals surface area contributed by atoms with Crippen molar-refractivity contribution in [3.63, 3.8) is 0 Å². The van der Waals surface area contributed by atoms with Gasteiger partial charge in [-0.1, -0.05) is 0 Å². The number of thiazole rings is 1. The van der Waals surface area contributed by atoms with E-state index in [9.17, 15) is 18.4 Å². The van der Waals surface area contributed by atoms with Gasteiger partial charge in [-0.2, -0.15) is 0 Å². The molecule has 0 aliphatic carbocycles. The van der Waals surface area contributed by atoms with Gasteiger partial charge in [0.05, 0.1) is 17.8 Å². The van der Waals surface area contributed by atoms with E-state index in [0.29, 0.717) is 16.8 Å². The highest BCUT2D eigenvalue weighted by molar-refractivity contribution is 7.13. The van der Waals surface area contributed by atoms with Crippen molar-refractivity contribution in [3.8, 4) is 10.6 Å². The Kier molecular flexibility index (Phi) is 6.05. The van der Waals surface area contributed by atoms with Crippen LogP contribution in [-0.2, 0) is 20.7 Å². The highest BCUT2D eigenvalue weighted by atomic mass is 32.1. The molecule has 0 aliphatic heterocycles. The average Bonchev–Trinajstić information content (AvgIpc) is 3.13. The van der Waals surface area contributed by atoms with E-state index >= 15 is 0 Å². The Morgan fingerprint density at radius 3 is 2.82 bits per heavy atom. The lowest BCUT2D eigenvalue weighted by Gasteiger charge is -2.13. The molecule has 3 rings (SSSR count). The maximum Gasteiger partial charge on any atom is 0.312 e. The van der Waals surface area contributed by atoms with E-state index in [2.05, 4.69) is 15.3 Å². The Balaban J connectivity index is 1.55. The van der Waals surface area contributed by atoms with Gasteiger partial charge in [0.25, 0.3) is 5.91 Å². The first-order valence-electron chi connectivity index (χ1n) is 8.22. The number of rotatable bonds is 6. The fraction of sp³-hybridized carbons (Fsp3) is 0.158. The molecule has 0 saturated carbocycles. The summed E-state index contributed by atoms with van der Waals surface area (Å²) in [4.78, 5) is 32.5. The molecule has 2 aromatic heterocycles. The second-order valence-electron chi connectivity index (χ2n) is 5.81. The van der Waals surface area contributed by atoms with Crippen LogP contribution in [0.1, 0.15) is 12.6 Å². The van der Waals surface area contributed by atoms with E-state index in [4.69, 9.17) is 4.74 Å². The lowest BCUT2D eigenvalue weighted by Crippen LogP contribution is -2.30. The maximum absolute atomic E-state index is 13.6. The van der Waals surface area contributed by atoms with Gasteiger partial charge >= 0.3 is 5.97 Å². The molecule has 9 heteroatoms. The molecule has 1 aromatic carbocycles. The van der Waals surface area contributed by atoms with E-state index in [-0.39, 0.29) is 12.1 Å². The molecule has 2 heterocycles. The Morgan fingerprint density at radius 2 is 2.11 bits per heavy atom. The molecule has 6 nitrogen and oxygen atoms in total. The molecule has 0 spiro atoms. The number of halogens is 2. The first-order valence-corrected chi connectivity index (χ1v) is 9.10. The third-order valence-electron chi connectivity index (χ3n) is 3.65. The zero-order valence-electron chi connectivity index (χ0n) is 14.7. The number of carbonyl (C=O) groups excluding carboxylic acids is 2. The van der Waals surface area contributed by atoms with Crippen molar-refractivity contribution in [3.05, 3.63) is 65.4 Å². The highest BCUT2D eigenvalue weighted by Gasteiger charge is 2.20. The Bertz CT molecular complexity index is 995. The molecule has 0 saturated heterocycles. The number of aromatic nitrogens is 2. The van der Waals surface area contributed by atoms with Crippen LogP contribution in [0.25, 0.3) is 10.6 Å². The lowest BCUT2D eigenvalue weighted by molar-refractivity contribution is -0.152. The molecule has 28 heavy (non-hydrogen) atoms. The number of nitrogens with zero attached hydrogens (tertiary/aromatic N) is 2. The molecule has 0 unspecified atom stereocenters. The fourth-order valence-electron chi connectivity index (χ4n) is 2.28. The number of hydrogen-bond acceptors (Lipinski definition) is 6. The van der Waals surface area contributed by atoms with Gasteiger partial charge in [0.15, 0.2) is 6.10 Å². The number of carbonyl (C=O) groups is 2. The minimum absolute atomic E-state index is 0.112. The summed E-state index contributed by atoms with van der Waals surface area (Å²) in [5, 5.41) is 4.69. The summed E-state index contributed by atoms with van der Waals surface area (Å²) in [5.41, 5.74) is 1.14. The Morgan fingerprint density at radius 1 is 1.29 bits per heavy atom. The molecular weight excluding hydrogens is 388 g/mol. The number of benzene rings is 1.